The lowest BCUT2D eigenvalue weighted by molar-refractivity contribution is -0.395. The Bertz CT molecular complexity index is 2200. The number of carbonyl (C=O) groups is 2. The second-order valence-corrected chi connectivity index (χ2v) is 24.4. The quantitative estimate of drug-likeness (QED) is 0.0724. The summed E-state index contributed by atoms with van der Waals surface area (Å²) in [7, 11) is 0. The fraction of sp³-hybridized carbons (Fsp3) is 0.958. The Labute approximate surface area is 511 Å². The van der Waals surface area contributed by atoms with Crippen molar-refractivity contribution in [2.75, 3.05) is 56.0 Å². The first kappa shape index (κ1) is 73.1. The molecule has 21 aliphatic rings. The fourth-order valence-electron chi connectivity index (χ4n) is 11.2. The van der Waals surface area contributed by atoms with Gasteiger partial charge in [-0.2, -0.15) is 23.5 Å². The number of hydrogen-bond donors (Lipinski definition) is 23. The average molecular weight is 1340 g/mol. The fourth-order valence-corrected chi connectivity index (χ4v) is 13.2. The predicted octanol–water partition coefficient (Wildman–Crippen LogP) is -14.9. The molecule has 15 unspecified atom stereocenters. The first-order valence-corrected chi connectivity index (χ1v) is 30.4. The molecule has 0 aromatic carbocycles. The summed E-state index contributed by atoms with van der Waals surface area (Å²) in [5.74, 6) is -4.26. The highest BCUT2D eigenvalue weighted by atomic mass is 32.2. The summed E-state index contributed by atoms with van der Waals surface area (Å²) in [5.41, 5.74) is 11.4. The van der Waals surface area contributed by atoms with Crippen LogP contribution in [-0.4, -0.2) is 402 Å². The molecule has 89 heavy (non-hydrogen) atoms. The Morgan fingerprint density at radius 2 is 0.438 bits per heavy atom. The van der Waals surface area contributed by atoms with Gasteiger partial charge in [0.2, 0.25) is 0 Å². The summed E-state index contributed by atoms with van der Waals surface area (Å²) < 4.78 is 81.6. The van der Waals surface area contributed by atoms with E-state index in [2.05, 4.69) is 0 Å². The molecule has 0 aromatic rings. The maximum Gasteiger partial charge on any atom is 0.321 e. The van der Waals surface area contributed by atoms with Crippen molar-refractivity contribution in [3.05, 3.63) is 0 Å². The van der Waals surface area contributed by atoms with E-state index in [-0.39, 0.29) is 11.5 Å². The Hall–Kier alpha value is -1.76. The van der Waals surface area contributed by atoms with E-state index < -0.39 is 284 Å². The lowest BCUT2D eigenvalue weighted by Crippen LogP contribution is -2.68. The predicted molar refractivity (Wildman–Crippen MR) is 280 cm³/mol. The van der Waals surface area contributed by atoms with Crippen molar-refractivity contribution >= 4 is 35.5 Å². The number of carboxylic acids is 2. The zero-order valence-electron chi connectivity index (χ0n) is 46.6. The van der Waals surface area contributed by atoms with Crippen LogP contribution in [-0.2, 0) is 75.9 Å². The van der Waals surface area contributed by atoms with Gasteiger partial charge >= 0.3 is 11.9 Å². The van der Waals surface area contributed by atoms with Gasteiger partial charge in [-0.1, -0.05) is 0 Å². The summed E-state index contributed by atoms with van der Waals surface area (Å²) in [4.78, 5) is 23.2. The van der Waals surface area contributed by atoms with E-state index in [1.807, 2.05) is 0 Å². The third-order valence-electron chi connectivity index (χ3n) is 16.2. The first-order chi connectivity index (χ1) is 42.2. The second-order valence-electron chi connectivity index (χ2n) is 22.3. The molecular weight excluding hydrogens is 1260 g/mol. The van der Waals surface area contributed by atoms with Crippen LogP contribution in [0, 0.1) is 0 Å². The van der Waals surface area contributed by atoms with E-state index in [0.717, 1.165) is 23.5 Å². The topological polar surface area (TPSA) is 640 Å². The third-order valence-corrected chi connectivity index (χ3v) is 18.5. The molecule has 0 saturated carbocycles. The minimum Gasteiger partial charge on any atom is -0.480 e. The van der Waals surface area contributed by atoms with Crippen molar-refractivity contribution in [3.63, 3.8) is 0 Å². The first-order valence-electron chi connectivity index (χ1n) is 28.1. The van der Waals surface area contributed by atoms with Gasteiger partial charge in [-0.3, -0.25) is 9.59 Å². The lowest BCUT2D eigenvalue weighted by atomic mass is 9.95. The number of aliphatic hydroxyl groups excluding tert-OH is 19. The molecule has 21 fully saturated rings. The minimum absolute atomic E-state index is 0.319. The van der Waals surface area contributed by atoms with Crippen LogP contribution in [0.4, 0.5) is 0 Å². The Morgan fingerprint density at radius 1 is 0.281 bits per heavy atom. The van der Waals surface area contributed by atoms with E-state index >= 15 is 0 Å². The van der Waals surface area contributed by atoms with Crippen molar-refractivity contribution in [3.8, 4) is 0 Å². The largest absolute Gasteiger partial charge is 0.480 e. The second kappa shape index (κ2) is 31.9. The van der Waals surface area contributed by atoms with Gasteiger partial charge < -0.3 is 185 Å². The standard InChI is InChI=1S/C48H80N2O37S2/c49-10(40(70)71)6-88-8-17-38-25(62)32(69)48(80-17)85-37-16(5-55)76-44(28(65)21(37)58)83-35-14(3-53)78-46(30(67)23(35)60)87-39-18(9-89-7-11(50)41(72)73)79-47(31(68)24(39)61)84-36-15(4-54)75-43(27(64)20(36)57)81-33-12(1-51)74-42(26(63)19(33)56)82-34-13(2-52)77-45(86-38)29(66)22(34)59/h10-39,42-48,51-69H,1-9,49-50H2,(H,70,71)(H,72,73)/t10-,11-,12?,13?,14?,15?,16?,17?,18?,19-,20-,21-,22-,23-,24-,25-,26?,27+,28?,29?,30?,31?,32?,33-,34-,35-,36-,37-,38-,39-,42+,43?,44+,45-,46+,47?,48-/m1/s1. The number of thioether (sulfide) groups is 2. The molecule has 37 atom stereocenters. The lowest BCUT2D eigenvalue weighted by Gasteiger charge is -2.50. The summed E-state index contributed by atoms with van der Waals surface area (Å²) in [6.07, 6.45) is -71.4. The van der Waals surface area contributed by atoms with Gasteiger partial charge in [0.05, 0.1) is 45.2 Å². The van der Waals surface area contributed by atoms with Crippen LogP contribution in [0.2, 0.25) is 0 Å². The highest BCUT2D eigenvalue weighted by Gasteiger charge is 2.60. The molecule has 21 rings (SSSR count). The molecule has 0 radical (unpaired) electrons. The van der Waals surface area contributed by atoms with E-state index in [4.69, 9.17) is 77.8 Å². The van der Waals surface area contributed by atoms with Crippen LogP contribution in [0.5, 0.6) is 0 Å². The molecule has 0 aliphatic carbocycles. The van der Waals surface area contributed by atoms with Crippen molar-refractivity contribution in [2.45, 2.75) is 227 Å². The van der Waals surface area contributed by atoms with E-state index in [9.17, 15) is 117 Å². The van der Waals surface area contributed by atoms with Gasteiger partial charge in [-0.15, -0.1) is 0 Å². The Kier molecular flexibility index (Phi) is 26.2. The molecule has 14 bridgehead atoms. The molecule has 21 heterocycles. The van der Waals surface area contributed by atoms with Gasteiger partial charge in [-0.25, -0.2) is 0 Å². The summed E-state index contributed by atoms with van der Waals surface area (Å²) >= 11 is 1.60. The van der Waals surface area contributed by atoms with E-state index in [1.165, 1.54) is 0 Å². The molecule has 41 heteroatoms. The molecule has 0 spiro atoms. The Morgan fingerprint density at radius 3 is 0.596 bits per heavy atom. The van der Waals surface area contributed by atoms with Gasteiger partial charge in [0.1, 0.15) is 171 Å². The monoisotopic (exact) mass is 1340 g/mol. The summed E-state index contributed by atoms with van der Waals surface area (Å²) in [6.45, 7) is -5.43. The maximum absolute atomic E-state index is 11.7. The number of aliphatic hydroxyl groups is 19. The molecule has 0 aromatic heterocycles. The molecular formula is C48H80N2O37S2. The molecule has 21 aliphatic heterocycles. The number of nitrogens with two attached hydrogens (primary N) is 2. The van der Waals surface area contributed by atoms with Crippen LogP contribution >= 0.6 is 23.5 Å². The number of rotatable bonds is 15. The van der Waals surface area contributed by atoms with Gasteiger partial charge in [0, 0.05) is 23.0 Å². The molecule has 21 saturated heterocycles. The number of aliphatic carboxylic acids is 2. The van der Waals surface area contributed by atoms with E-state index in [1.54, 1.807) is 0 Å². The smallest absolute Gasteiger partial charge is 0.321 e. The number of carboxylic acid groups (broad SMARTS) is 2. The number of ether oxygens (including phenoxy) is 14. The molecule has 516 valence electrons. The molecule has 0 amide bonds. The Balaban J connectivity index is 1.11. The SMILES string of the molecule is N[C@H](CSCC1OC2O[C@@H]3C(CO)OC(O[C@@H]4C(CO)O[C@@H](O[C@@H]5C(CO)O[C@H](O[C@@H]6C(CSC[C@@H](N)C(=O)O)O[C@H](O[C@@H]7C(CO)O[C@@H](O[C@@H]8C(CO)O[C@@H](O[C@H]1[C@H](O)C2O)C(O)[C@H]8O)C(O)[C@H]7O)C(O)[C@H]6O)C(O)[C@H]5O)C(O)[C@H]4O)[C@@H](O)[C@H]3O)C(=O)O. The molecule has 25 N–H and O–H groups in total. The zero-order chi connectivity index (χ0) is 65.2. The molecule has 39 nitrogen and oxygen atoms in total. The van der Waals surface area contributed by atoms with E-state index in [0.29, 0.717) is 0 Å². The van der Waals surface area contributed by atoms with Crippen LogP contribution < -0.4 is 11.5 Å². The summed E-state index contributed by atoms with van der Waals surface area (Å²) in [5, 5.41) is 233. The van der Waals surface area contributed by atoms with Crippen molar-refractivity contribution in [2.24, 2.45) is 11.5 Å². The third kappa shape index (κ3) is 15.9. The van der Waals surface area contributed by atoms with Crippen LogP contribution in [0.1, 0.15) is 0 Å². The van der Waals surface area contributed by atoms with Crippen molar-refractivity contribution in [1.82, 2.24) is 0 Å². The van der Waals surface area contributed by atoms with Gasteiger partial charge in [0.15, 0.2) is 44.0 Å². The maximum atomic E-state index is 11.7. The van der Waals surface area contributed by atoms with Gasteiger partial charge in [0.25, 0.3) is 0 Å². The van der Waals surface area contributed by atoms with Crippen molar-refractivity contribution < 1.29 is 183 Å². The average Bonchev–Trinajstić information content (AvgIpc) is 0.884. The number of hydrogen-bond acceptors (Lipinski definition) is 39. The van der Waals surface area contributed by atoms with Crippen LogP contribution in [0.15, 0.2) is 0 Å². The van der Waals surface area contributed by atoms with Crippen LogP contribution in [0.3, 0.4) is 0 Å². The van der Waals surface area contributed by atoms with Gasteiger partial charge in [-0.05, 0) is 0 Å². The summed E-state index contributed by atoms with van der Waals surface area (Å²) in [6, 6.07) is -2.94. The normalized spacial score (nSPS) is 50.1. The minimum atomic E-state index is -2.27. The van der Waals surface area contributed by atoms with Crippen molar-refractivity contribution in [1.29, 1.82) is 0 Å². The highest BCUT2D eigenvalue weighted by Crippen LogP contribution is 2.40. The van der Waals surface area contributed by atoms with Crippen LogP contribution in [0.25, 0.3) is 0 Å². The zero-order valence-corrected chi connectivity index (χ0v) is 48.3. The highest BCUT2D eigenvalue weighted by molar-refractivity contribution is 7.99.